The summed E-state index contributed by atoms with van der Waals surface area (Å²) < 4.78 is 2.08. The molecule has 3 rings (SSSR count). The van der Waals surface area contributed by atoms with E-state index in [9.17, 15) is 4.79 Å². The van der Waals surface area contributed by atoms with Crippen LogP contribution in [-0.4, -0.2) is 18.9 Å². The summed E-state index contributed by atoms with van der Waals surface area (Å²) in [7, 11) is -1.51. The van der Waals surface area contributed by atoms with E-state index in [0.717, 1.165) is 22.8 Å². The van der Waals surface area contributed by atoms with Crippen LogP contribution in [0.2, 0.25) is 19.6 Å². The molecule has 0 saturated carbocycles. The minimum Gasteiger partial charge on any atom is -0.333 e. The monoisotopic (exact) mass is 331 g/mol. The molecule has 1 heterocycles. The van der Waals surface area contributed by atoms with Crippen LogP contribution < -0.4 is 0 Å². The Hall–Kier alpha value is -2.57. The third-order valence-electron chi connectivity index (χ3n) is 3.87. The first-order valence-electron chi connectivity index (χ1n) is 8.13. The largest absolute Gasteiger partial charge is 0.333 e. The van der Waals surface area contributed by atoms with Gasteiger partial charge in [0.15, 0.2) is 6.29 Å². The zero-order valence-corrected chi connectivity index (χ0v) is 15.3. The van der Waals surface area contributed by atoms with Crippen molar-refractivity contribution >= 4 is 25.3 Å². The van der Waals surface area contributed by atoms with Crippen molar-refractivity contribution in [2.75, 3.05) is 0 Å². The van der Waals surface area contributed by atoms with Crippen LogP contribution in [0, 0.1) is 11.5 Å². The summed E-state index contributed by atoms with van der Waals surface area (Å²) in [6.45, 7) is 7.31. The molecule has 0 radical (unpaired) electrons. The van der Waals surface area contributed by atoms with Gasteiger partial charge in [0, 0.05) is 11.9 Å². The van der Waals surface area contributed by atoms with E-state index in [2.05, 4.69) is 59.9 Å². The molecule has 1 aromatic heterocycles. The Kier molecular flexibility index (Phi) is 4.42. The molecule has 2 aromatic carbocycles. The number of hydrogen-bond acceptors (Lipinski definition) is 1. The molecule has 120 valence electrons. The predicted molar refractivity (Wildman–Crippen MR) is 103 cm³/mol. The molecule has 0 saturated heterocycles. The minimum atomic E-state index is -1.51. The van der Waals surface area contributed by atoms with Gasteiger partial charge in [0.25, 0.3) is 0 Å². The third-order valence-corrected chi connectivity index (χ3v) is 4.74. The van der Waals surface area contributed by atoms with Gasteiger partial charge in [-0.15, -0.1) is 5.54 Å². The highest BCUT2D eigenvalue weighted by Gasteiger charge is 2.16. The minimum absolute atomic E-state index is 0.671. The smallest absolute Gasteiger partial charge is 0.167 e. The van der Waals surface area contributed by atoms with Crippen LogP contribution in [0.25, 0.3) is 10.9 Å². The summed E-state index contributed by atoms with van der Waals surface area (Å²) in [5, 5.41) is 1.06. The van der Waals surface area contributed by atoms with Crippen LogP contribution in [0.5, 0.6) is 0 Å². The maximum atomic E-state index is 11.9. The summed E-state index contributed by atoms with van der Waals surface area (Å²) >= 11 is 0. The van der Waals surface area contributed by atoms with Crippen molar-refractivity contribution in [3.05, 3.63) is 71.4 Å². The molecule has 0 unspecified atom stereocenters. The van der Waals surface area contributed by atoms with Crippen LogP contribution in [0.15, 0.2) is 54.6 Å². The number of rotatable bonds is 3. The number of carbonyl (C=O) groups is 1. The van der Waals surface area contributed by atoms with Gasteiger partial charge < -0.3 is 4.57 Å². The summed E-state index contributed by atoms with van der Waals surface area (Å²) in [6.07, 6.45) is 0.942. The molecular formula is C21H21NOSi. The highest BCUT2D eigenvalue weighted by Crippen LogP contribution is 2.26. The van der Waals surface area contributed by atoms with E-state index in [1.54, 1.807) is 0 Å². The Labute approximate surface area is 144 Å². The molecule has 0 fully saturated rings. The van der Waals surface area contributed by atoms with Crippen molar-refractivity contribution in [1.82, 2.24) is 4.57 Å². The van der Waals surface area contributed by atoms with Crippen molar-refractivity contribution in [1.29, 1.82) is 0 Å². The van der Waals surface area contributed by atoms with Crippen LogP contribution in [0.3, 0.4) is 0 Å². The van der Waals surface area contributed by atoms with Crippen molar-refractivity contribution in [2.24, 2.45) is 0 Å². The Bertz CT molecular complexity index is 937. The summed E-state index contributed by atoms with van der Waals surface area (Å²) in [4.78, 5) is 11.9. The second-order valence-electron chi connectivity index (χ2n) is 6.97. The number of aldehydes is 1. The summed E-state index contributed by atoms with van der Waals surface area (Å²) in [5.41, 5.74) is 7.16. The lowest BCUT2D eigenvalue weighted by Crippen LogP contribution is -2.16. The zero-order chi connectivity index (χ0) is 17.2. The van der Waals surface area contributed by atoms with E-state index in [0.29, 0.717) is 12.2 Å². The highest BCUT2D eigenvalue weighted by atomic mass is 28.3. The van der Waals surface area contributed by atoms with Gasteiger partial charge in [0.2, 0.25) is 0 Å². The number of hydrogen-bond donors (Lipinski definition) is 0. The van der Waals surface area contributed by atoms with Gasteiger partial charge in [-0.25, -0.2) is 0 Å². The van der Waals surface area contributed by atoms with Gasteiger partial charge >= 0.3 is 0 Å². The van der Waals surface area contributed by atoms with E-state index in [1.807, 2.05) is 30.3 Å². The molecule has 2 nitrogen and oxygen atoms in total. The molecule has 3 heteroatoms. The first kappa shape index (κ1) is 16.3. The molecule has 0 atom stereocenters. The number of nitrogens with zero attached hydrogens (tertiary/aromatic N) is 1. The quantitative estimate of drug-likeness (QED) is 0.386. The van der Waals surface area contributed by atoms with E-state index in [4.69, 9.17) is 0 Å². The molecule has 0 spiro atoms. The SMILES string of the molecule is C[Si](C)(C)C#Cc1c(C=O)n(Cc2ccccc2)c2ccccc12. The molecule has 0 aliphatic carbocycles. The van der Waals surface area contributed by atoms with Gasteiger partial charge in [-0.1, -0.05) is 74.1 Å². The van der Waals surface area contributed by atoms with Gasteiger partial charge in [-0.3, -0.25) is 4.79 Å². The van der Waals surface area contributed by atoms with Gasteiger partial charge in [0.05, 0.1) is 16.8 Å². The number of para-hydroxylation sites is 1. The molecule has 24 heavy (non-hydrogen) atoms. The first-order valence-corrected chi connectivity index (χ1v) is 11.6. The predicted octanol–water partition coefficient (Wildman–Crippen LogP) is 4.73. The second-order valence-corrected chi connectivity index (χ2v) is 11.7. The Morgan fingerprint density at radius 2 is 1.67 bits per heavy atom. The van der Waals surface area contributed by atoms with Gasteiger partial charge in [0.1, 0.15) is 8.07 Å². The number of benzene rings is 2. The van der Waals surface area contributed by atoms with Crippen LogP contribution >= 0.6 is 0 Å². The molecule has 0 aliphatic heterocycles. The van der Waals surface area contributed by atoms with Gasteiger partial charge in [-0.05, 0) is 11.6 Å². The fraction of sp³-hybridized carbons (Fsp3) is 0.190. The first-order chi connectivity index (χ1) is 11.5. The van der Waals surface area contributed by atoms with Gasteiger partial charge in [-0.2, -0.15) is 0 Å². The molecule has 3 aromatic rings. The maximum Gasteiger partial charge on any atom is 0.167 e. The molecule has 0 bridgehead atoms. The van der Waals surface area contributed by atoms with Crippen molar-refractivity contribution in [2.45, 2.75) is 26.2 Å². The third kappa shape index (κ3) is 3.34. The normalized spacial score (nSPS) is 11.1. The lowest BCUT2D eigenvalue weighted by Gasteiger charge is -2.08. The topological polar surface area (TPSA) is 22.0 Å². The van der Waals surface area contributed by atoms with E-state index >= 15 is 0 Å². The Balaban J connectivity index is 2.21. The van der Waals surface area contributed by atoms with Crippen LogP contribution in [0.4, 0.5) is 0 Å². The molecule has 0 N–H and O–H groups in total. The van der Waals surface area contributed by atoms with E-state index < -0.39 is 8.07 Å². The molecule has 0 amide bonds. The average molecular weight is 331 g/mol. The number of carbonyl (C=O) groups excluding carboxylic acids is 1. The number of aromatic nitrogens is 1. The van der Waals surface area contributed by atoms with Crippen LogP contribution in [0.1, 0.15) is 21.6 Å². The molecule has 0 aliphatic rings. The second kappa shape index (κ2) is 6.50. The fourth-order valence-corrected chi connectivity index (χ4v) is 3.26. The van der Waals surface area contributed by atoms with Crippen molar-refractivity contribution in [3.8, 4) is 11.5 Å². The fourth-order valence-electron chi connectivity index (χ4n) is 2.76. The van der Waals surface area contributed by atoms with Crippen molar-refractivity contribution < 1.29 is 4.79 Å². The van der Waals surface area contributed by atoms with Crippen LogP contribution in [-0.2, 0) is 6.54 Å². The standard InChI is InChI=1S/C21H21NOSi/c1-24(2,3)14-13-19-18-11-7-8-12-20(18)22(21(19)16-23)15-17-9-5-4-6-10-17/h4-12,16H,15H2,1-3H3. The summed E-state index contributed by atoms with van der Waals surface area (Å²) in [5.74, 6) is 3.31. The Morgan fingerprint density at radius 3 is 2.33 bits per heavy atom. The summed E-state index contributed by atoms with van der Waals surface area (Å²) in [6, 6.07) is 18.3. The number of fused-ring (bicyclic) bond motifs is 1. The zero-order valence-electron chi connectivity index (χ0n) is 14.3. The maximum absolute atomic E-state index is 11.9. The Morgan fingerprint density at radius 1 is 1.00 bits per heavy atom. The van der Waals surface area contributed by atoms with E-state index in [1.165, 1.54) is 5.56 Å². The lowest BCUT2D eigenvalue weighted by molar-refractivity contribution is 0.111. The molecular weight excluding hydrogens is 310 g/mol. The van der Waals surface area contributed by atoms with Crippen molar-refractivity contribution in [3.63, 3.8) is 0 Å². The highest BCUT2D eigenvalue weighted by molar-refractivity contribution is 6.83. The van der Waals surface area contributed by atoms with E-state index in [-0.39, 0.29) is 0 Å². The average Bonchev–Trinajstić information content (AvgIpc) is 2.86. The lowest BCUT2D eigenvalue weighted by atomic mass is 10.1.